The molecule has 1 aromatic carbocycles. The molecular formula is C19H22N4O5. The normalized spacial score (nSPS) is 24.9. The van der Waals surface area contributed by atoms with E-state index in [1.807, 2.05) is 0 Å². The molecule has 9 heteroatoms. The number of carbonyl (C=O) groups excluding carboxylic acids is 4. The molecule has 5 amide bonds. The van der Waals surface area contributed by atoms with Crippen LogP contribution in [-0.2, 0) is 14.4 Å². The zero-order valence-electron chi connectivity index (χ0n) is 15.6. The fourth-order valence-corrected chi connectivity index (χ4v) is 4.10. The summed E-state index contributed by atoms with van der Waals surface area (Å²) in [6.07, 6.45) is 0.725. The Morgan fingerprint density at radius 2 is 1.86 bits per heavy atom. The van der Waals surface area contributed by atoms with Crippen LogP contribution in [0.1, 0.15) is 12.8 Å². The van der Waals surface area contributed by atoms with E-state index in [1.165, 1.54) is 4.90 Å². The van der Waals surface area contributed by atoms with Crippen molar-refractivity contribution in [1.29, 1.82) is 0 Å². The maximum atomic E-state index is 12.9. The van der Waals surface area contributed by atoms with Gasteiger partial charge in [0.25, 0.3) is 0 Å². The van der Waals surface area contributed by atoms with Gasteiger partial charge in [-0.05, 0) is 30.7 Å². The number of imide groups is 1. The number of rotatable bonds is 4. The van der Waals surface area contributed by atoms with Gasteiger partial charge in [-0.3, -0.25) is 19.3 Å². The summed E-state index contributed by atoms with van der Waals surface area (Å²) in [7, 11) is 1.58. The first-order valence-electron chi connectivity index (χ1n) is 9.31. The predicted molar refractivity (Wildman–Crippen MR) is 98.7 cm³/mol. The summed E-state index contributed by atoms with van der Waals surface area (Å²) in [4.78, 5) is 53.6. The second-order valence-electron chi connectivity index (χ2n) is 7.25. The van der Waals surface area contributed by atoms with Gasteiger partial charge in [-0.15, -0.1) is 0 Å². The van der Waals surface area contributed by atoms with E-state index in [9.17, 15) is 19.2 Å². The van der Waals surface area contributed by atoms with Crippen LogP contribution in [-0.4, -0.2) is 72.9 Å². The molecule has 1 N–H and O–H groups in total. The Morgan fingerprint density at radius 3 is 2.50 bits per heavy atom. The van der Waals surface area contributed by atoms with Crippen molar-refractivity contribution >= 4 is 29.4 Å². The quantitative estimate of drug-likeness (QED) is 0.746. The maximum Gasteiger partial charge on any atom is 0.324 e. The summed E-state index contributed by atoms with van der Waals surface area (Å²) in [6.45, 7) is 1.14. The van der Waals surface area contributed by atoms with Crippen LogP contribution in [0, 0.1) is 5.92 Å². The summed E-state index contributed by atoms with van der Waals surface area (Å²) in [5.41, 5.74) is 0.736. The first kappa shape index (κ1) is 18.3. The van der Waals surface area contributed by atoms with E-state index in [0.29, 0.717) is 31.8 Å². The van der Waals surface area contributed by atoms with E-state index in [4.69, 9.17) is 4.74 Å². The molecule has 2 unspecified atom stereocenters. The average molecular weight is 386 g/mol. The topological polar surface area (TPSA) is 99.3 Å². The van der Waals surface area contributed by atoms with Gasteiger partial charge >= 0.3 is 6.03 Å². The van der Waals surface area contributed by atoms with Crippen LogP contribution < -0.4 is 15.0 Å². The van der Waals surface area contributed by atoms with E-state index in [1.54, 1.807) is 41.2 Å². The van der Waals surface area contributed by atoms with Gasteiger partial charge in [0.1, 0.15) is 5.75 Å². The minimum atomic E-state index is -0.420. The number of amides is 5. The second kappa shape index (κ2) is 7.14. The fourth-order valence-electron chi connectivity index (χ4n) is 4.10. The number of anilines is 1. The molecule has 3 saturated heterocycles. The van der Waals surface area contributed by atoms with Crippen molar-refractivity contribution in [1.82, 2.24) is 15.1 Å². The molecule has 9 nitrogen and oxygen atoms in total. The molecule has 0 saturated carbocycles. The van der Waals surface area contributed by atoms with Crippen molar-refractivity contribution in [3.8, 4) is 5.75 Å². The van der Waals surface area contributed by atoms with Crippen LogP contribution in [0.3, 0.4) is 0 Å². The molecule has 28 heavy (non-hydrogen) atoms. The van der Waals surface area contributed by atoms with Crippen LogP contribution in [0.2, 0.25) is 0 Å². The summed E-state index contributed by atoms with van der Waals surface area (Å²) < 4.78 is 5.13. The van der Waals surface area contributed by atoms with Crippen LogP contribution in [0.25, 0.3) is 0 Å². The van der Waals surface area contributed by atoms with Crippen molar-refractivity contribution in [2.75, 3.05) is 38.2 Å². The number of nitrogens with zero attached hydrogens (tertiary/aromatic N) is 3. The van der Waals surface area contributed by atoms with Gasteiger partial charge in [-0.1, -0.05) is 0 Å². The number of ether oxygens (including phenoxy) is 1. The third-order valence-corrected chi connectivity index (χ3v) is 5.58. The monoisotopic (exact) mass is 386 g/mol. The lowest BCUT2D eigenvalue weighted by atomic mass is 10.1. The number of benzene rings is 1. The first-order valence-corrected chi connectivity index (χ1v) is 9.31. The summed E-state index contributed by atoms with van der Waals surface area (Å²) in [5, 5.41) is 2.51. The smallest absolute Gasteiger partial charge is 0.324 e. The number of likely N-dealkylation sites (tertiary alicyclic amines) is 1. The highest BCUT2D eigenvalue weighted by molar-refractivity contribution is 6.03. The van der Waals surface area contributed by atoms with E-state index in [2.05, 4.69) is 5.32 Å². The number of hydrogen-bond donors (Lipinski definition) is 1. The fraction of sp³-hybridized carbons (Fsp3) is 0.474. The van der Waals surface area contributed by atoms with E-state index >= 15 is 0 Å². The van der Waals surface area contributed by atoms with Crippen molar-refractivity contribution in [3.05, 3.63) is 24.3 Å². The number of carbonyl (C=O) groups is 4. The number of urea groups is 1. The summed E-state index contributed by atoms with van der Waals surface area (Å²) >= 11 is 0. The average Bonchev–Trinajstić information content (AvgIpc) is 3.40. The Balaban J connectivity index is 1.39. The van der Waals surface area contributed by atoms with Gasteiger partial charge in [0.15, 0.2) is 0 Å². The highest BCUT2D eigenvalue weighted by Gasteiger charge is 2.43. The molecule has 0 aliphatic carbocycles. The standard InChI is InChI=1S/C19H22N4O5/c1-28-15-4-2-13(3-5-15)22-10-12(8-16(22)24)18(26)21-7-6-14(11-21)23-17(25)9-20-19(23)27/h2-5,12,14H,6-11H2,1H3,(H,20,27). The third kappa shape index (κ3) is 3.17. The van der Waals surface area contributed by atoms with Crippen molar-refractivity contribution in [2.45, 2.75) is 18.9 Å². The SMILES string of the molecule is COc1ccc(N2CC(C(=O)N3CCC(N4C(=O)CNC4=O)C3)CC2=O)cc1. The highest BCUT2D eigenvalue weighted by atomic mass is 16.5. The van der Waals surface area contributed by atoms with Crippen molar-refractivity contribution < 1.29 is 23.9 Å². The molecule has 0 aromatic heterocycles. The Kier molecular flexibility index (Phi) is 4.66. The van der Waals surface area contributed by atoms with Gasteiger partial charge in [-0.25, -0.2) is 4.79 Å². The Morgan fingerprint density at radius 1 is 1.11 bits per heavy atom. The second-order valence-corrected chi connectivity index (χ2v) is 7.25. The summed E-state index contributed by atoms with van der Waals surface area (Å²) in [5.74, 6) is -0.165. The zero-order chi connectivity index (χ0) is 19.8. The third-order valence-electron chi connectivity index (χ3n) is 5.58. The number of nitrogens with one attached hydrogen (secondary N) is 1. The molecule has 3 fully saturated rings. The molecule has 3 aliphatic heterocycles. The summed E-state index contributed by atoms with van der Waals surface area (Å²) in [6, 6.07) is 6.46. The lowest BCUT2D eigenvalue weighted by Gasteiger charge is -2.23. The molecule has 1 aromatic rings. The molecular weight excluding hydrogens is 364 g/mol. The van der Waals surface area contributed by atoms with Crippen molar-refractivity contribution in [2.24, 2.45) is 5.92 Å². The molecule has 0 radical (unpaired) electrons. The number of hydrogen-bond acceptors (Lipinski definition) is 5. The zero-order valence-corrected chi connectivity index (χ0v) is 15.6. The van der Waals surface area contributed by atoms with Gasteiger partial charge in [-0.2, -0.15) is 0 Å². The Hall–Kier alpha value is -3.10. The van der Waals surface area contributed by atoms with Gasteiger partial charge < -0.3 is 19.9 Å². The molecule has 0 spiro atoms. The maximum absolute atomic E-state index is 12.9. The Labute approximate surface area is 162 Å². The van der Waals surface area contributed by atoms with Gasteiger partial charge in [0.05, 0.1) is 25.6 Å². The molecule has 2 atom stereocenters. The number of methoxy groups -OCH3 is 1. The van der Waals surface area contributed by atoms with Gasteiger partial charge in [0, 0.05) is 31.7 Å². The molecule has 3 aliphatic rings. The largest absolute Gasteiger partial charge is 0.497 e. The molecule has 3 heterocycles. The van der Waals surface area contributed by atoms with E-state index < -0.39 is 11.9 Å². The lowest BCUT2D eigenvalue weighted by Crippen LogP contribution is -2.44. The van der Waals surface area contributed by atoms with Crippen LogP contribution >= 0.6 is 0 Å². The van der Waals surface area contributed by atoms with Crippen LogP contribution in [0.5, 0.6) is 5.75 Å². The molecule has 4 rings (SSSR count). The van der Waals surface area contributed by atoms with E-state index in [0.717, 1.165) is 5.69 Å². The minimum absolute atomic E-state index is 0.0111. The van der Waals surface area contributed by atoms with Crippen molar-refractivity contribution in [3.63, 3.8) is 0 Å². The first-order chi connectivity index (χ1) is 13.5. The van der Waals surface area contributed by atoms with Gasteiger partial charge in [0.2, 0.25) is 17.7 Å². The van der Waals surface area contributed by atoms with Crippen LogP contribution in [0.15, 0.2) is 24.3 Å². The minimum Gasteiger partial charge on any atom is -0.497 e. The van der Waals surface area contributed by atoms with Crippen LogP contribution in [0.4, 0.5) is 10.5 Å². The highest BCUT2D eigenvalue weighted by Crippen LogP contribution is 2.29. The molecule has 0 bridgehead atoms. The lowest BCUT2D eigenvalue weighted by molar-refractivity contribution is -0.135. The Bertz CT molecular complexity index is 808. The molecule has 148 valence electrons. The predicted octanol–water partition coefficient (Wildman–Crippen LogP) is 0.201. The van der Waals surface area contributed by atoms with E-state index in [-0.39, 0.29) is 36.7 Å².